The normalized spacial score (nSPS) is 11.1. The molecule has 0 saturated carbocycles. The van der Waals surface area contributed by atoms with Gasteiger partial charge in [0.15, 0.2) is 0 Å². The molecule has 0 aliphatic carbocycles. The lowest BCUT2D eigenvalue weighted by molar-refractivity contribution is 0.881. The number of nitrogens with zero attached hydrogens (tertiary/aromatic N) is 4. The van der Waals surface area contributed by atoms with E-state index in [-0.39, 0.29) is 5.82 Å². The quantitative estimate of drug-likeness (QED) is 0.801. The third-order valence-corrected chi connectivity index (χ3v) is 2.26. The SMILES string of the molecule is N#C/C(=C\c1ccccc1Cl)c1nn[nH]n1. The van der Waals surface area contributed by atoms with Crippen LogP contribution in [0.25, 0.3) is 11.6 Å². The van der Waals surface area contributed by atoms with Crippen molar-refractivity contribution < 1.29 is 0 Å². The van der Waals surface area contributed by atoms with Crippen LogP contribution in [0.4, 0.5) is 0 Å². The Balaban J connectivity index is 2.44. The van der Waals surface area contributed by atoms with Crippen LogP contribution in [-0.4, -0.2) is 20.6 Å². The molecule has 16 heavy (non-hydrogen) atoms. The van der Waals surface area contributed by atoms with Gasteiger partial charge >= 0.3 is 0 Å². The lowest BCUT2D eigenvalue weighted by atomic mass is 10.1. The molecule has 0 aliphatic rings. The topological polar surface area (TPSA) is 78.2 Å². The maximum Gasteiger partial charge on any atom is 0.215 e. The van der Waals surface area contributed by atoms with Crippen molar-refractivity contribution in [3.8, 4) is 6.07 Å². The Kier molecular flexibility index (Phi) is 2.94. The molecule has 78 valence electrons. The molecule has 1 heterocycles. The highest BCUT2D eigenvalue weighted by Gasteiger charge is 2.06. The molecule has 0 bridgehead atoms. The molecule has 0 unspecified atom stereocenters. The van der Waals surface area contributed by atoms with E-state index < -0.39 is 0 Å². The summed E-state index contributed by atoms with van der Waals surface area (Å²) in [5.41, 5.74) is 1.05. The van der Waals surface area contributed by atoms with Gasteiger partial charge in [-0.1, -0.05) is 29.8 Å². The van der Waals surface area contributed by atoms with Gasteiger partial charge in [0.05, 0.1) is 0 Å². The molecule has 2 aromatic rings. The lowest BCUT2D eigenvalue weighted by Gasteiger charge is -1.97. The number of rotatable bonds is 2. The van der Waals surface area contributed by atoms with Crippen molar-refractivity contribution in [1.29, 1.82) is 5.26 Å². The van der Waals surface area contributed by atoms with Crippen molar-refractivity contribution in [3.63, 3.8) is 0 Å². The van der Waals surface area contributed by atoms with Gasteiger partial charge in [0, 0.05) is 5.02 Å². The molecule has 0 spiro atoms. The number of nitrogens with one attached hydrogen (secondary N) is 1. The Morgan fingerprint density at radius 2 is 2.25 bits per heavy atom. The summed E-state index contributed by atoms with van der Waals surface area (Å²) in [6, 6.07) is 9.21. The van der Waals surface area contributed by atoms with Gasteiger partial charge in [-0.3, -0.25) is 0 Å². The van der Waals surface area contributed by atoms with E-state index in [9.17, 15) is 0 Å². The smallest absolute Gasteiger partial charge is 0.192 e. The summed E-state index contributed by atoms with van der Waals surface area (Å²) >= 11 is 5.97. The van der Waals surface area contributed by atoms with Crippen molar-refractivity contribution in [2.24, 2.45) is 0 Å². The molecule has 2 rings (SSSR count). The maximum atomic E-state index is 8.97. The molecule has 0 radical (unpaired) electrons. The van der Waals surface area contributed by atoms with Crippen LogP contribution < -0.4 is 0 Å². The van der Waals surface area contributed by atoms with Crippen LogP contribution in [0.3, 0.4) is 0 Å². The van der Waals surface area contributed by atoms with Gasteiger partial charge in [-0.05, 0) is 22.9 Å². The van der Waals surface area contributed by atoms with Crippen molar-refractivity contribution in [2.45, 2.75) is 0 Å². The first-order valence-corrected chi connectivity index (χ1v) is 4.79. The molecule has 0 saturated heterocycles. The first-order valence-electron chi connectivity index (χ1n) is 4.41. The highest BCUT2D eigenvalue weighted by molar-refractivity contribution is 6.32. The van der Waals surface area contributed by atoms with Gasteiger partial charge in [0.2, 0.25) is 5.82 Å². The number of H-pyrrole nitrogens is 1. The molecular formula is C10H6ClN5. The van der Waals surface area contributed by atoms with Crippen LogP contribution in [0.5, 0.6) is 0 Å². The fourth-order valence-corrected chi connectivity index (χ4v) is 1.36. The van der Waals surface area contributed by atoms with Crippen LogP contribution in [0.1, 0.15) is 11.4 Å². The molecule has 0 amide bonds. The number of nitriles is 1. The summed E-state index contributed by atoms with van der Waals surface area (Å²) < 4.78 is 0. The molecule has 0 fully saturated rings. The van der Waals surface area contributed by atoms with E-state index in [1.165, 1.54) is 0 Å². The van der Waals surface area contributed by atoms with Crippen LogP contribution >= 0.6 is 11.6 Å². The maximum absolute atomic E-state index is 8.97. The zero-order valence-corrected chi connectivity index (χ0v) is 8.81. The van der Waals surface area contributed by atoms with Crippen molar-refractivity contribution in [1.82, 2.24) is 20.6 Å². The minimum absolute atomic E-state index is 0.252. The van der Waals surface area contributed by atoms with E-state index in [1.54, 1.807) is 18.2 Å². The third kappa shape index (κ3) is 2.07. The van der Waals surface area contributed by atoms with Gasteiger partial charge < -0.3 is 0 Å². The van der Waals surface area contributed by atoms with Crippen molar-refractivity contribution >= 4 is 23.3 Å². The molecule has 1 aromatic heterocycles. The Labute approximate surface area is 96.4 Å². The number of allylic oxidation sites excluding steroid dienone is 1. The van der Waals surface area contributed by atoms with Gasteiger partial charge in [-0.15, -0.1) is 10.2 Å². The van der Waals surface area contributed by atoms with E-state index in [2.05, 4.69) is 20.6 Å². The number of hydrogen-bond donors (Lipinski definition) is 1. The summed E-state index contributed by atoms with van der Waals surface area (Å²) in [6.07, 6.45) is 1.62. The van der Waals surface area contributed by atoms with E-state index in [0.717, 1.165) is 5.56 Å². The van der Waals surface area contributed by atoms with Gasteiger partial charge in [-0.25, -0.2) is 0 Å². The van der Waals surface area contributed by atoms with Gasteiger partial charge in [0.25, 0.3) is 0 Å². The molecule has 6 heteroatoms. The van der Waals surface area contributed by atoms with Crippen LogP contribution in [0.2, 0.25) is 5.02 Å². The van der Waals surface area contributed by atoms with E-state index in [1.807, 2.05) is 18.2 Å². The molecule has 0 aliphatic heterocycles. The summed E-state index contributed by atoms with van der Waals surface area (Å²) in [4.78, 5) is 0. The predicted octanol–water partition coefficient (Wildman–Crippen LogP) is 1.92. The molecule has 0 atom stereocenters. The van der Waals surface area contributed by atoms with E-state index in [0.29, 0.717) is 10.6 Å². The average molecular weight is 232 g/mol. The second-order valence-electron chi connectivity index (χ2n) is 2.93. The number of aromatic amines is 1. The van der Waals surface area contributed by atoms with Crippen LogP contribution in [-0.2, 0) is 0 Å². The fraction of sp³-hybridized carbons (Fsp3) is 0. The Hall–Kier alpha value is -2.19. The van der Waals surface area contributed by atoms with Crippen LogP contribution in [0, 0.1) is 11.3 Å². The number of benzene rings is 1. The largest absolute Gasteiger partial charge is 0.215 e. The lowest BCUT2D eigenvalue weighted by Crippen LogP contribution is -1.86. The van der Waals surface area contributed by atoms with Crippen molar-refractivity contribution in [3.05, 3.63) is 40.7 Å². The van der Waals surface area contributed by atoms with Crippen LogP contribution in [0.15, 0.2) is 24.3 Å². The van der Waals surface area contributed by atoms with E-state index in [4.69, 9.17) is 16.9 Å². The molecule has 1 aromatic carbocycles. The zero-order chi connectivity index (χ0) is 11.4. The Morgan fingerprint density at radius 3 is 2.88 bits per heavy atom. The second-order valence-corrected chi connectivity index (χ2v) is 3.33. The summed E-state index contributed by atoms with van der Waals surface area (Å²) in [5, 5.41) is 22.7. The monoisotopic (exact) mass is 231 g/mol. The molecular weight excluding hydrogens is 226 g/mol. The minimum Gasteiger partial charge on any atom is -0.192 e. The number of hydrogen-bond acceptors (Lipinski definition) is 4. The summed E-state index contributed by atoms with van der Waals surface area (Å²) in [7, 11) is 0. The average Bonchev–Trinajstić information content (AvgIpc) is 2.81. The zero-order valence-electron chi connectivity index (χ0n) is 8.05. The molecule has 1 N–H and O–H groups in total. The Bertz CT molecular complexity index is 553. The molecule has 5 nitrogen and oxygen atoms in total. The summed E-state index contributed by atoms with van der Waals surface area (Å²) in [5.74, 6) is 0.252. The highest BCUT2D eigenvalue weighted by Crippen LogP contribution is 2.20. The standard InChI is InChI=1S/C10H6ClN5/c11-9-4-2-1-3-7(9)5-8(6-12)10-13-15-16-14-10/h1-5H,(H,13,14,15,16)/b8-5+. The predicted molar refractivity (Wildman–Crippen MR) is 59.1 cm³/mol. The summed E-state index contributed by atoms with van der Waals surface area (Å²) in [6.45, 7) is 0. The highest BCUT2D eigenvalue weighted by atomic mass is 35.5. The second kappa shape index (κ2) is 4.55. The number of halogens is 1. The van der Waals surface area contributed by atoms with Gasteiger partial charge in [-0.2, -0.15) is 10.5 Å². The third-order valence-electron chi connectivity index (χ3n) is 1.91. The Morgan fingerprint density at radius 1 is 1.44 bits per heavy atom. The minimum atomic E-state index is 0.252. The van der Waals surface area contributed by atoms with Crippen molar-refractivity contribution in [2.75, 3.05) is 0 Å². The number of aromatic nitrogens is 4. The van der Waals surface area contributed by atoms with Gasteiger partial charge in [0.1, 0.15) is 11.6 Å². The fourth-order valence-electron chi connectivity index (χ4n) is 1.17. The number of tetrazole rings is 1. The first kappa shape index (κ1) is 10.3. The first-order chi connectivity index (χ1) is 7.81. The van der Waals surface area contributed by atoms with E-state index >= 15 is 0 Å².